The number of hydrogen-bond acceptors (Lipinski definition) is 3. The maximum Gasteiger partial charge on any atom is 0.303 e. The Balaban J connectivity index is 2.38. The van der Waals surface area contributed by atoms with Gasteiger partial charge in [-0.15, -0.1) is 0 Å². The molecular weight excluding hydrogens is 268 g/mol. The van der Waals surface area contributed by atoms with E-state index in [0.29, 0.717) is 17.7 Å². The highest BCUT2D eigenvalue weighted by Crippen LogP contribution is 2.22. The van der Waals surface area contributed by atoms with Crippen molar-refractivity contribution in [2.24, 2.45) is 0 Å². The van der Waals surface area contributed by atoms with Crippen LogP contribution in [-0.4, -0.2) is 16.1 Å². The van der Waals surface area contributed by atoms with Gasteiger partial charge in [0.05, 0.1) is 0 Å². The Labute approximate surface area is 121 Å². The Morgan fingerprint density at radius 1 is 1.33 bits per heavy atom. The van der Waals surface area contributed by atoms with Crippen molar-refractivity contribution in [3.63, 3.8) is 0 Å². The molecule has 1 aromatic heterocycles. The van der Waals surface area contributed by atoms with Gasteiger partial charge in [-0.25, -0.2) is 0 Å². The molecule has 0 spiro atoms. The normalized spacial score (nSPS) is 10.1. The number of nitrogens with zero attached hydrogens (tertiary/aromatic N) is 1. The Morgan fingerprint density at radius 3 is 2.57 bits per heavy atom. The summed E-state index contributed by atoms with van der Waals surface area (Å²) >= 11 is 0. The van der Waals surface area contributed by atoms with E-state index in [1.807, 2.05) is 18.2 Å². The number of carboxylic acids is 1. The molecule has 1 aromatic carbocycles. The molecule has 0 amide bonds. The maximum atomic E-state index is 11.8. The molecule has 1 heterocycles. The van der Waals surface area contributed by atoms with Crippen molar-refractivity contribution < 1.29 is 9.90 Å². The maximum absolute atomic E-state index is 11.8. The van der Waals surface area contributed by atoms with Gasteiger partial charge >= 0.3 is 5.97 Å². The first-order valence-corrected chi connectivity index (χ1v) is 6.46. The van der Waals surface area contributed by atoms with Gasteiger partial charge in [0.15, 0.2) is 0 Å². The van der Waals surface area contributed by atoms with E-state index in [4.69, 9.17) is 10.4 Å². The van der Waals surface area contributed by atoms with Crippen molar-refractivity contribution in [3.05, 3.63) is 57.5 Å². The molecule has 0 aliphatic heterocycles. The topological polar surface area (TPSA) is 93.9 Å². The molecule has 0 unspecified atom stereocenters. The van der Waals surface area contributed by atoms with Gasteiger partial charge in [0.25, 0.3) is 5.56 Å². The van der Waals surface area contributed by atoms with Crippen molar-refractivity contribution in [3.8, 4) is 17.2 Å². The van der Waals surface area contributed by atoms with E-state index in [-0.39, 0.29) is 12.0 Å². The second-order valence-corrected chi connectivity index (χ2v) is 4.77. The van der Waals surface area contributed by atoms with Gasteiger partial charge in [-0.1, -0.05) is 24.3 Å². The molecule has 5 heteroatoms. The van der Waals surface area contributed by atoms with Gasteiger partial charge in [0.2, 0.25) is 0 Å². The highest BCUT2D eigenvalue weighted by atomic mass is 16.4. The zero-order valence-corrected chi connectivity index (χ0v) is 11.5. The number of nitriles is 1. The minimum atomic E-state index is -0.837. The van der Waals surface area contributed by atoms with E-state index >= 15 is 0 Å². The lowest BCUT2D eigenvalue weighted by atomic mass is 9.99. The summed E-state index contributed by atoms with van der Waals surface area (Å²) in [5.74, 6) is -0.837. The minimum absolute atomic E-state index is 0.0763. The SMILES string of the molecule is Cc1cc(-c2ccc(CCC(=O)O)cc2)c(C#N)c(=O)[nH]1. The number of pyridine rings is 1. The number of hydrogen-bond donors (Lipinski definition) is 2. The van der Waals surface area contributed by atoms with E-state index in [2.05, 4.69) is 4.98 Å². The van der Waals surface area contributed by atoms with Crippen LogP contribution in [0.3, 0.4) is 0 Å². The number of rotatable bonds is 4. The summed E-state index contributed by atoms with van der Waals surface area (Å²) in [6.07, 6.45) is 0.530. The van der Waals surface area contributed by atoms with Crippen LogP contribution in [0, 0.1) is 18.3 Å². The number of aryl methyl sites for hydroxylation is 2. The van der Waals surface area contributed by atoms with Crippen LogP contribution in [-0.2, 0) is 11.2 Å². The predicted octanol–water partition coefficient (Wildman–Crippen LogP) is 2.24. The quantitative estimate of drug-likeness (QED) is 0.899. The molecule has 106 valence electrons. The fraction of sp³-hybridized carbons (Fsp3) is 0.188. The molecule has 0 saturated heterocycles. The summed E-state index contributed by atoms with van der Waals surface area (Å²) < 4.78 is 0. The summed E-state index contributed by atoms with van der Waals surface area (Å²) in [4.78, 5) is 24.9. The van der Waals surface area contributed by atoms with Crippen LogP contribution >= 0.6 is 0 Å². The van der Waals surface area contributed by atoms with E-state index in [1.165, 1.54) is 0 Å². The molecular formula is C16H14N2O3. The first-order valence-electron chi connectivity index (χ1n) is 6.46. The van der Waals surface area contributed by atoms with Crippen molar-refractivity contribution >= 4 is 5.97 Å². The lowest BCUT2D eigenvalue weighted by Crippen LogP contribution is -2.12. The molecule has 0 bridgehead atoms. The number of aliphatic carboxylic acids is 1. The van der Waals surface area contributed by atoms with E-state index in [9.17, 15) is 9.59 Å². The lowest BCUT2D eigenvalue weighted by molar-refractivity contribution is -0.136. The number of benzene rings is 1. The Kier molecular flexibility index (Phi) is 4.19. The molecule has 0 atom stereocenters. The molecule has 5 nitrogen and oxygen atoms in total. The number of carboxylic acid groups (broad SMARTS) is 1. The number of aromatic amines is 1. The van der Waals surface area contributed by atoms with Crippen molar-refractivity contribution in [1.29, 1.82) is 5.26 Å². The molecule has 0 radical (unpaired) electrons. The van der Waals surface area contributed by atoms with Gasteiger partial charge in [0.1, 0.15) is 11.6 Å². The van der Waals surface area contributed by atoms with Gasteiger partial charge in [-0.05, 0) is 30.5 Å². The number of carbonyl (C=O) groups is 1. The predicted molar refractivity (Wildman–Crippen MR) is 77.9 cm³/mol. The molecule has 2 aromatic rings. The third-order valence-electron chi connectivity index (χ3n) is 3.17. The largest absolute Gasteiger partial charge is 0.481 e. The molecule has 2 N–H and O–H groups in total. The highest BCUT2D eigenvalue weighted by molar-refractivity contribution is 5.71. The van der Waals surface area contributed by atoms with E-state index in [1.54, 1.807) is 25.1 Å². The van der Waals surface area contributed by atoms with Crippen molar-refractivity contribution in [2.75, 3.05) is 0 Å². The molecule has 0 saturated carbocycles. The molecule has 2 rings (SSSR count). The Hall–Kier alpha value is -2.87. The first-order chi connectivity index (χ1) is 10.0. The summed E-state index contributed by atoms with van der Waals surface area (Å²) in [6.45, 7) is 1.76. The monoisotopic (exact) mass is 282 g/mol. The second kappa shape index (κ2) is 6.06. The van der Waals surface area contributed by atoms with E-state index in [0.717, 1.165) is 11.1 Å². The third kappa shape index (κ3) is 3.37. The Bertz CT molecular complexity index is 768. The van der Waals surface area contributed by atoms with Crippen LogP contribution < -0.4 is 5.56 Å². The van der Waals surface area contributed by atoms with Crippen molar-refractivity contribution in [1.82, 2.24) is 4.98 Å². The lowest BCUT2D eigenvalue weighted by Gasteiger charge is -2.06. The van der Waals surface area contributed by atoms with E-state index < -0.39 is 11.5 Å². The smallest absolute Gasteiger partial charge is 0.303 e. The zero-order valence-electron chi connectivity index (χ0n) is 11.5. The second-order valence-electron chi connectivity index (χ2n) is 4.77. The first kappa shape index (κ1) is 14.5. The summed E-state index contributed by atoms with van der Waals surface area (Å²) in [7, 11) is 0. The standard InChI is InChI=1S/C16H14N2O3/c1-10-8-13(14(9-17)16(21)18-10)12-5-2-11(3-6-12)4-7-15(19)20/h2-3,5-6,8H,4,7H2,1H3,(H,18,21)(H,19,20). The Morgan fingerprint density at radius 2 is 2.00 bits per heavy atom. The summed E-state index contributed by atoms with van der Waals surface area (Å²) in [5.41, 5.74) is 2.62. The van der Waals surface area contributed by atoms with Crippen LogP contribution in [0.15, 0.2) is 35.1 Å². The number of H-pyrrole nitrogens is 1. The highest BCUT2D eigenvalue weighted by Gasteiger charge is 2.10. The molecule has 0 fully saturated rings. The number of nitrogens with one attached hydrogen (secondary N) is 1. The average Bonchev–Trinajstić information content (AvgIpc) is 2.45. The van der Waals surface area contributed by atoms with Crippen LogP contribution in [0.2, 0.25) is 0 Å². The average molecular weight is 282 g/mol. The summed E-state index contributed by atoms with van der Waals surface area (Å²) in [5, 5.41) is 17.8. The van der Waals surface area contributed by atoms with Crippen LogP contribution in [0.25, 0.3) is 11.1 Å². The third-order valence-corrected chi connectivity index (χ3v) is 3.17. The van der Waals surface area contributed by atoms with Gasteiger partial charge < -0.3 is 10.1 Å². The fourth-order valence-electron chi connectivity index (χ4n) is 2.13. The van der Waals surface area contributed by atoms with Crippen LogP contribution in [0.5, 0.6) is 0 Å². The molecule has 0 aliphatic rings. The van der Waals surface area contributed by atoms with Crippen molar-refractivity contribution in [2.45, 2.75) is 19.8 Å². The molecule has 21 heavy (non-hydrogen) atoms. The zero-order chi connectivity index (χ0) is 15.4. The van der Waals surface area contributed by atoms with Gasteiger partial charge in [-0.3, -0.25) is 9.59 Å². The minimum Gasteiger partial charge on any atom is -0.481 e. The van der Waals surface area contributed by atoms with Crippen LogP contribution in [0.1, 0.15) is 23.2 Å². The summed E-state index contributed by atoms with van der Waals surface area (Å²) in [6, 6.07) is 10.9. The fourth-order valence-corrected chi connectivity index (χ4v) is 2.13. The van der Waals surface area contributed by atoms with Crippen LogP contribution in [0.4, 0.5) is 0 Å². The number of aromatic nitrogens is 1. The molecule has 0 aliphatic carbocycles. The van der Waals surface area contributed by atoms with Gasteiger partial charge in [0, 0.05) is 17.7 Å². The van der Waals surface area contributed by atoms with Gasteiger partial charge in [-0.2, -0.15) is 5.26 Å².